The number of hydrogen-bond donors (Lipinski definition) is 1. The Morgan fingerprint density at radius 1 is 1.18 bits per heavy atom. The van der Waals surface area contributed by atoms with Crippen LogP contribution in [0.4, 0.5) is 5.95 Å². The molecular weight excluding hydrogens is 444 g/mol. The van der Waals surface area contributed by atoms with Gasteiger partial charge in [-0.1, -0.05) is 6.08 Å². The molecule has 0 saturated carbocycles. The standard InChI is InChI=1S/C22H26N8O2.ClH/c1-28-13-18(12-26-28)20-2-3-21(31)30(27-20)15-19-14-29(8-9-32-19)22-24-10-17(11-25-22)16-4-6-23-7-5-16;/h2-4,10-13,19,23H,5-9,14-15H2,1H3;1H/t19-;/m0./s1. The summed E-state index contributed by atoms with van der Waals surface area (Å²) in [4.78, 5) is 23.7. The Hall–Kier alpha value is -3.08. The average molecular weight is 471 g/mol. The fourth-order valence-electron chi connectivity index (χ4n) is 4.03. The Morgan fingerprint density at radius 3 is 2.76 bits per heavy atom. The lowest BCUT2D eigenvalue weighted by molar-refractivity contribution is 0.0260. The highest BCUT2D eigenvalue weighted by Crippen LogP contribution is 2.20. The topological polar surface area (TPSA) is 103 Å². The van der Waals surface area contributed by atoms with Crippen molar-refractivity contribution in [3.8, 4) is 11.3 Å². The molecule has 11 heteroatoms. The quantitative estimate of drug-likeness (QED) is 0.592. The Labute approximate surface area is 197 Å². The van der Waals surface area contributed by atoms with E-state index >= 15 is 0 Å². The second-order valence-corrected chi connectivity index (χ2v) is 8.04. The summed E-state index contributed by atoms with van der Waals surface area (Å²) in [6.45, 7) is 4.08. The normalized spacial score (nSPS) is 18.5. The van der Waals surface area contributed by atoms with Gasteiger partial charge in [-0.3, -0.25) is 9.48 Å². The van der Waals surface area contributed by atoms with Gasteiger partial charge in [0.15, 0.2) is 0 Å². The lowest BCUT2D eigenvalue weighted by Gasteiger charge is -2.33. The van der Waals surface area contributed by atoms with Crippen LogP contribution in [0.15, 0.2) is 47.8 Å². The van der Waals surface area contributed by atoms with Gasteiger partial charge in [-0.15, -0.1) is 12.4 Å². The SMILES string of the molecule is Cl.Cn1cc(-c2ccc(=O)n(C[C@@H]3CN(c4ncc(C5=CCNCC5)cn4)CCO3)n2)cn1. The van der Waals surface area contributed by atoms with Crippen molar-refractivity contribution in [3.63, 3.8) is 0 Å². The zero-order chi connectivity index (χ0) is 21.9. The fraction of sp³-hybridized carbons (Fsp3) is 0.409. The van der Waals surface area contributed by atoms with Crippen molar-refractivity contribution in [2.24, 2.45) is 7.05 Å². The van der Waals surface area contributed by atoms with Gasteiger partial charge in [0.2, 0.25) is 5.95 Å². The van der Waals surface area contributed by atoms with Crippen molar-refractivity contribution in [2.75, 3.05) is 37.7 Å². The molecule has 3 aromatic heterocycles. The fourth-order valence-corrected chi connectivity index (χ4v) is 4.03. The molecule has 5 rings (SSSR count). The zero-order valence-corrected chi connectivity index (χ0v) is 19.2. The van der Waals surface area contributed by atoms with Crippen LogP contribution in [0, 0.1) is 0 Å². The Bertz CT molecular complexity index is 1170. The van der Waals surface area contributed by atoms with Crippen molar-refractivity contribution in [1.82, 2.24) is 34.8 Å². The van der Waals surface area contributed by atoms with Crippen molar-refractivity contribution < 1.29 is 4.74 Å². The van der Waals surface area contributed by atoms with E-state index in [2.05, 4.69) is 36.5 Å². The van der Waals surface area contributed by atoms with Gasteiger partial charge in [0.25, 0.3) is 5.56 Å². The molecule has 5 heterocycles. The number of aromatic nitrogens is 6. The van der Waals surface area contributed by atoms with Crippen LogP contribution < -0.4 is 15.8 Å². The van der Waals surface area contributed by atoms with Gasteiger partial charge in [-0.25, -0.2) is 14.6 Å². The average Bonchev–Trinajstić information content (AvgIpc) is 3.28. The number of ether oxygens (including phenoxy) is 1. The Morgan fingerprint density at radius 2 is 2.03 bits per heavy atom. The lowest BCUT2D eigenvalue weighted by Crippen LogP contribution is -2.46. The summed E-state index contributed by atoms with van der Waals surface area (Å²) in [6.07, 6.45) is 10.4. The molecule has 0 aromatic carbocycles. The Balaban J connectivity index is 0.00000259. The van der Waals surface area contributed by atoms with E-state index in [9.17, 15) is 4.79 Å². The second kappa shape index (κ2) is 10.2. The van der Waals surface area contributed by atoms with Crippen LogP contribution in [-0.4, -0.2) is 68.4 Å². The van der Waals surface area contributed by atoms with Gasteiger partial charge >= 0.3 is 0 Å². The molecule has 1 fully saturated rings. The molecule has 1 N–H and O–H groups in total. The molecule has 0 bridgehead atoms. The van der Waals surface area contributed by atoms with Crippen LogP contribution in [0.3, 0.4) is 0 Å². The third-order valence-corrected chi connectivity index (χ3v) is 5.74. The number of morpholine rings is 1. The maximum Gasteiger partial charge on any atom is 0.266 e. The van der Waals surface area contributed by atoms with Crippen LogP contribution >= 0.6 is 12.4 Å². The number of hydrogen-bond acceptors (Lipinski definition) is 8. The van der Waals surface area contributed by atoms with E-state index in [4.69, 9.17) is 4.74 Å². The van der Waals surface area contributed by atoms with Crippen molar-refractivity contribution in [2.45, 2.75) is 19.1 Å². The summed E-state index contributed by atoms with van der Waals surface area (Å²) in [5.74, 6) is 0.681. The van der Waals surface area contributed by atoms with E-state index in [1.807, 2.05) is 25.6 Å². The minimum absolute atomic E-state index is 0. The predicted octanol–water partition coefficient (Wildman–Crippen LogP) is 1.14. The van der Waals surface area contributed by atoms with Crippen LogP contribution in [0.5, 0.6) is 0 Å². The van der Waals surface area contributed by atoms with Gasteiger partial charge in [-0.05, 0) is 24.6 Å². The van der Waals surface area contributed by atoms with Gasteiger partial charge in [0.05, 0.1) is 31.1 Å². The lowest BCUT2D eigenvalue weighted by atomic mass is 10.0. The number of aryl methyl sites for hydroxylation is 1. The van der Waals surface area contributed by atoms with Gasteiger partial charge in [0, 0.05) is 62.5 Å². The summed E-state index contributed by atoms with van der Waals surface area (Å²) < 4.78 is 9.10. The van der Waals surface area contributed by atoms with E-state index < -0.39 is 0 Å². The number of nitrogens with zero attached hydrogens (tertiary/aromatic N) is 7. The van der Waals surface area contributed by atoms with E-state index in [0.717, 1.165) is 30.6 Å². The summed E-state index contributed by atoms with van der Waals surface area (Å²) >= 11 is 0. The molecule has 0 aliphatic carbocycles. The number of rotatable bonds is 5. The maximum atomic E-state index is 12.4. The molecule has 2 aliphatic rings. The smallest absolute Gasteiger partial charge is 0.266 e. The van der Waals surface area contributed by atoms with Crippen molar-refractivity contribution in [3.05, 3.63) is 58.9 Å². The van der Waals surface area contributed by atoms with Crippen molar-refractivity contribution in [1.29, 1.82) is 0 Å². The highest BCUT2D eigenvalue weighted by Gasteiger charge is 2.24. The summed E-state index contributed by atoms with van der Waals surface area (Å²) in [7, 11) is 1.85. The van der Waals surface area contributed by atoms with Gasteiger partial charge in [0.1, 0.15) is 0 Å². The summed E-state index contributed by atoms with van der Waals surface area (Å²) in [5, 5.41) is 12.0. The molecular formula is C22H27ClN8O2. The van der Waals surface area contributed by atoms with Crippen LogP contribution in [0.25, 0.3) is 16.8 Å². The first-order chi connectivity index (χ1) is 15.7. The summed E-state index contributed by atoms with van der Waals surface area (Å²) in [6, 6.07) is 3.25. The van der Waals surface area contributed by atoms with E-state index in [1.54, 1.807) is 16.9 Å². The molecule has 2 aliphatic heterocycles. The molecule has 0 spiro atoms. The number of nitrogens with one attached hydrogen (secondary N) is 1. The third-order valence-electron chi connectivity index (χ3n) is 5.74. The van der Waals surface area contributed by atoms with Crippen LogP contribution in [-0.2, 0) is 18.3 Å². The van der Waals surface area contributed by atoms with E-state index in [-0.39, 0.29) is 24.1 Å². The van der Waals surface area contributed by atoms with Gasteiger partial charge < -0.3 is 15.0 Å². The first-order valence-corrected chi connectivity index (χ1v) is 10.8. The molecule has 0 amide bonds. The molecule has 3 aromatic rings. The third kappa shape index (κ3) is 5.29. The number of anilines is 1. The van der Waals surface area contributed by atoms with Crippen LogP contribution in [0.2, 0.25) is 0 Å². The molecule has 1 atom stereocenters. The van der Waals surface area contributed by atoms with Gasteiger partial charge in [-0.2, -0.15) is 10.2 Å². The summed E-state index contributed by atoms with van der Waals surface area (Å²) in [5.41, 5.74) is 3.77. The predicted molar refractivity (Wildman–Crippen MR) is 127 cm³/mol. The minimum Gasteiger partial charge on any atom is -0.373 e. The van der Waals surface area contributed by atoms with E-state index in [1.165, 1.54) is 16.3 Å². The Kier molecular flexibility index (Phi) is 7.17. The van der Waals surface area contributed by atoms with Crippen molar-refractivity contribution >= 4 is 23.9 Å². The van der Waals surface area contributed by atoms with Crippen LogP contribution in [0.1, 0.15) is 12.0 Å². The second-order valence-electron chi connectivity index (χ2n) is 8.04. The zero-order valence-electron chi connectivity index (χ0n) is 18.4. The first kappa shape index (κ1) is 23.1. The molecule has 0 radical (unpaired) electrons. The molecule has 1 saturated heterocycles. The number of halogens is 1. The van der Waals surface area contributed by atoms with E-state index in [0.29, 0.717) is 37.9 Å². The molecule has 0 unspecified atom stereocenters. The highest BCUT2D eigenvalue weighted by molar-refractivity contribution is 5.85. The molecule has 33 heavy (non-hydrogen) atoms. The highest BCUT2D eigenvalue weighted by atomic mass is 35.5. The first-order valence-electron chi connectivity index (χ1n) is 10.8. The maximum absolute atomic E-state index is 12.4. The molecule has 174 valence electrons. The largest absolute Gasteiger partial charge is 0.373 e. The molecule has 10 nitrogen and oxygen atoms in total. The monoisotopic (exact) mass is 470 g/mol. The minimum atomic E-state index is -0.187.